The molecule has 18 heavy (non-hydrogen) atoms. The van der Waals surface area contributed by atoms with Crippen LogP contribution in [0.4, 0.5) is 0 Å². The van der Waals surface area contributed by atoms with Crippen LogP contribution in [0.3, 0.4) is 0 Å². The molecule has 100 valence electrons. The van der Waals surface area contributed by atoms with Gasteiger partial charge >= 0.3 is 0 Å². The van der Waals surface area contributed by atoms with E-state index in [0.29, 0.717) is 5.56 Å². The lowest BCUT2D eigenvalue weighted by Gasteiger charge is -2.21. The maximum Gasteiger partial charge on any atom is 0.150 e. The Labute approximate surface area is 110 Å². The van der Waals surface area contributed by atoms with Gasteiger partial charge in [-0.25, -0.2) is 0 Å². The van der Waals surface area contributed by atoms with E-state index in [1.54, 1.807) is 12.1 Å². The second-order valence-electron chi connectivity index (χ2n) is 4.43. The number of hydrogen-bond acceptors (Lipinski definition) is 3. The summed E-state index contributed by atoms with van der Waals surface area (Å²) in [6.45, 7) is 9.65. The fraction of sp³-hybridized carbons (Fsp3) is 0.533. The van der Waals surface area contributed by atoms with Gasteiger partial charge < -0.3 is 9.64 Å². The molecule has 1 unspecified atom stereocenters. The van der Waals surface area contributed by atoms with Crippen LogP contribution in [0.5, 0.6) is 5.75 Å². The SMILES string of the molecule is CCN(CC)CCC(C)Oc1ccc(C=O)cc1. The number of carbonyl (C=O) groups excluding carboxylic acids is 1. The molecule has 0 spiro atoms. The first-order chi connectivity index (χ1) is 8.69. The van der Waals surface area contributed by atoms with Crippen LogP contribution in [0, 0.1) is 0 Å². The zero-order valence-corrected chi connectivity index (χ0v) is 11.6. The summed E-state index contributed by atoms with van der Waals surface area (Å²) in [5.41, 5.74) is 0.679. The Hall–Kier alpha value is -1.35. The summed E-state index contributed by atoms with van der Waals surface area (Å²) in [7, 11) is 0. The van der Waals surface area contributed by atoms with Gasteiger partial charge in [-0.2, -0.15) is 0 Å². The smallest absolute Gasteiger partial charge is 0.150 e. The predicted octanol–water partition coefficient (Wildman–Crippen LogP) is 3.00. The highest BCUT2D eigenvalue weighted by molar-refractivity contribution is 5.74. The minimum absolute atomic E-state index is 0.188. The third-order valence-corrected chi connectivity index (χ3v) is 3.10. The highest BCUT2D eigenvalue weighted by atomic mass is 16.5. The molecule has 0 radical (unpaired) electrons. The molecular formula is C15H23NO2. The van der Waals surface area contributed by atoms with E-state index < -0.39 is 0 Å². The highest BCUT2D eigenvalue weighted by Gasteiger charge is 2.06. The molecule has 3 nitrogen and oxygen atoms in total. The number of benzene rings is 1. The maximum absolute atomic E-state index is 10.5. The maximum atomic E-state index is 10.5. The van der Waals surface area contributed by atoms with Crippen molar-refractivity contribution in [2.75, 3.05) is 19.6 Å². The van der Waals surface area contributed by atoms with Gasteiger partial charge in [0.25, 0.3) is 0 Å². The average molecular weight is 249 g/mol. The lowest BCUT2D eigenvalue weighted by Crippen LogP contribution is -2.27. The van der Waals surface area contributed by atoms with Crippen LogP contribution in [0.15, 0.2) is 24.3 Å². The number of hydrogen-bond donors (Lipinski definition) is 0. The van der Waals surface area contributed by atoms with Crippen molar-refractivity contribution in [2.24, 2.45) is 0 Å². The summed E-state index contributed by atoms with van der Waals surface area (Å²) in [4.78, 5) is 12.9. The van der Waals surface area contributed by atoms with Crippen molar-refractivity contribution in [2.45, 2.75) is 33.3 Å². The number of aldehydes is 1. The molecule has 3 heteroatoms. The van der Waals surface area contributed by atoms with E-state index in [1.165, 1.54) is 0 Å². The highest BCUT2D eigenvalue weighted by Crippen LogP contribution is 2.14. The summed E-state index contributed by atoms with van der Waals surface area (Å²) in [5, 5.41) is 0. The molecule has 1 aromatic carbocycles. The number of ether oxygens (including phenoxy) is 1. The fourth-order valence-electron chi connectivity index (χ4n) is 1.82. The van der Waals surface area contributed by atoms with Crippen molar-refractivity contribution >= 4 is 6.29 Å². The van der Waals surface area contributed by atoms with Gasteiger partial charge in [0.05, 0.1) is 6.10 Å². The summed E-state index contributed by atoms with van der Waals surface area (Å²) in [6, 6.07) is 7.24. The van der Waals surface area contributed by atoms with Crippen LogP contribution < -0.4 is 4.74 Å². The van der Waals surface area contributed by atoms with E-state index in [0.717, 1.165) is 38.1 Å². The van der Waals surface area contributed by atoms with Gasteiger partial charge in [0, 0.05) is 12.1 Å². The van der Waals surface area contributed by atoms with Gasteiger partial charge in [-0.15, -0.1) is 0 Å². The second kappa shape index (κ2) is 7.88. The van der Waals surface area contributed by atoms with Gasteiger partial charge in [0.1, 0.15) is 12.0 Å². The Morgan fingerprint density at radius 1 is 1.22 bits per heavy atom. The van der Waals surface area contributed by atoms with E-state index >= 15 is 0 Å². The number of nitrogens with zero attached hydrogens (tertiary/aromatic N) is 1. The number of rotatable bonds is 8. The first-order valence-corrected chi connectivity index (χ1v) is 6.63. The minimum Gasteiger partial charge on any atom is -0.491 e. The van der Waals surface area contributed by atoms with E-state index in [9.17, 15) is 4.79 Å². The number of carbonyl (C=O) groups is 1. The molecule has 0 bridgehead atoms. The zero-order chi connectivity index (χ0) is 13.4. The quantitative estimate of drug-likeness (QED) is 0.663. The van der Waals surface area contributed by atoms with Crippen molar-refractivity contribution < 1.29 is 9.53 Å². The first-order valence-electron chi connectivity index (χ1n) is 6.63. The summed E-state index contributed by atoms with van der Waals surface area (Å²) >= 11 is 0. The Morgan fingerprint density at radius 3 is 2.33 bits per heavy atom. The van der Waals surface area contributed by atoms with Crippen LogP contribution >= 0.6 is 0 Å². The molecular weight excluding hydrogens is 226 g/mol. The zero-order valence-electron chi connectivity index (χ0n) is 11.6. The van der Waals surface area contributed by atoms with E-state index in [-0.39, 0.29) is 6.10 Å². The Morgan fingerprint density at radius 2 is 1.83 bits per heavy atom. The van der Waals surface area contributed by atoms with Gasteiger partial charge in [0.15, 0.2) is 0 Å². The summed E-state index contributed by atoms with van der Waals surface area (Å²) in [5.74, 6) is 0.827. The predicted molar refractivity (Wildman–Crippen MR) is 74.3 cm³/mol. The largest absolute Gasteiger partial charge is 0.491 e. The van der Waals surface area contributed by atoms with Gasteiger partial charge in [-0.05, 0) is 50.7 Å². The van der Waals surface area contributed by atoms with Crippen molar-refractivity contribution in [1.29, 1.82) is 0 Å². The molecule has 0 N–H and O–H groups in total. The molecule has 1 aromatic rings. The first kappa shape index (κ1) is 14.7. The topological polar surface area (TPSA) is 29.5 Å². The van der Waals surface area contributed by atoms with Gasteiger partial charge in [0.2, 0.25) is 0 Å². The Kier molecular flexibility index (Phi) is 6.44. The normalized spacial score (nSPS) is 12.4. The fourth-order valence-corrected chi connectivity index (χ4v) is 1.82. The molecule has 0 fully saturated rings. The van der Waals surface area contributed by atoms with Crippen molar-refractivity contribution in [3.05, 3.63) is 29.8 Å². The standard InChI is InChI=1S/C15H23NO2/c1-4-16(5-2)11-10-13(3)18-15-8-6-14(12-17)7-9-15/h6-9,12-13H,4-5,10-11H2,1-3H3. The minimum atomic E-state index is 0.188. The van der Waals surface area contributed by atoms with Crippen molar-refractivity contribution in [3.8, 4) is 5.75 Å². The summed E-state index contributed by atoms with van der Waals surface area (Å²) in [6.07, 6.45) is 2.04. The van der Waals surface area contributed by atoms with Gasteiger partial charge in [-0.1, -0.05) is 13.8 Å². The Balaban J connectivity index is 2.38. The van der Waals surface area contributed by atoms with Crippen LogP contribution in [-0.4, -0.2) is 36.9 Å². The lowest BCUT2D eigenvalue weighted by molar-refractivity contribution is 0.112. The molecule has 0 saturated heterocycles. The second-order valence-corrected chi connectivity index (χ2v) is 4.43. The van der Waals surface area contributed by atoms with Crippen LogP contribution in [0.2, 0.25) is 0 Å². The Bertz CT molecular complexity index is 344. The monoisotopic (exact) mass is 249 g/mol. The van der Waals surface area contributed by atoms with Crippen LogP contribution in [-0.2, 0) is 0 Å². The molecule has 0 amide bonds. The molecule has 1 rings (SSSR count). The van der Waals surface area contributed by atoms with Crippen molar-refractivity contribution in [1.82, 2.24) is 4.90 Å². The molecule has 0 aliphatic carbocycles. The summed E-state index contributed by atoms with van der Waals surface area (Å²) < 4.78 is 5.81. The molecule has 0 aliphatic heterocycles. The third-order valence-electron chi connectivity index (χ3n) is 3.10. The average Bonchev–Trinajstić information content (AvgIpc) is 2.41. The van der Waals surface area contributed by atoms with Crippen LogP contribution in [0.1, 0.15) is 37.6 Å². The lowest BCUT2D eigenvalue weighted by atomic mass is 10.2. The third kappa shape index (κ3) is 4.88. The molecule has 0 saturated carbocycles. The van der Waals surface area contributed by atoms with E-state index in [4.69, 9.17) is 4.74 Å². The van der Waals surface area contributed by atoms with Crippen molar-refractivity contribution in [3.63, 3.8) is 0 Å². The molecule has 0 aromatic heterocycles. The molecule has 1 atom stereocenters. The van der Waals surface area contributed by atoms with Crippen LogP contribution in [0.25, 0.3) is 0 Å². The van der Waals surface area contributed by atoms with E-state index in [1.807, 2.05) is 12.1 Å². The van der Waals surface area contributed by atoms with E-state index in [2.05, 4.69) is 25.7 Å². The van der Waals surface area contributed by atoms with Gasteiger partial charge in [-0.3, -0.25) is 4.79 Å². The molecule has 0 heterocycles. The molecule has 0 aliphatic rings.